The van der Waals surface area contributed by atoms with E-state index in [0.29, 0.717) is 11.5 Å². The van der Waals surface area contributed by atoms with Crippen molar-refractivity contribution < 1.29 is 9.53 Å². The van der Waals surface area contributed by atoms with E-state index in [1.165, 1.54) is 39.2 Å². The fraction of sp³-hybridized carbons (Fsp3) is 0.538. The molecule has 1 aliphatic rings. The Morgan fingerprint density at radius 1 is 1.38 bits per heavy atom. The van der Waals surface area contributed by atoms with E-state index in [0.717, 1.165) is 5.56 Å². The summed E-state index contributed by atoms with van der Waals surface area (Å²) in [6, 6.07) is 1.96. The third-order valence-corrected chi connectivity index (χ3v) is 3.31. The maximum absolute atomic E-state index is 11.6. The second-order valence-corrected chi connectivity index (χ2v) is 4.29. The van der Waals surface area contributed by atoms with Crippen LogP contribution in [0.3, 0.4) is 0 Å². The van der Waals surface area contributed by atoms with Gasteiger partial charge in [-0.2, -0.15) is 0 Å². The Kier molecular flexibility index (Phi) is 3.54. The summed E-state index contributed by atoms with van der Waals surface area (Å²) in [4.78, 5) is 15.6. The van der Waals surface area contributed by atoms with Crippen molar-refractivity contribution in [3.63, 3.8) is 0 Å². The maximum Gasteiger partial charge on any atom is 0.339 e. The molecular formula is C13H17NO2. The van der Waals surface area contributed by atoms with Gasteiger partial charge < -0.3 is 4.74 Å². The van der Waals surface area contributed by atoms with E-state index in [1.54, 1.807) is 12.4 Å². The van der Waals surface area contributed by atoms with Gasteiger partial charge in [0, 0.05) is 12.4 Å². The minimum absolute atomic E-state index is 0.270. The standard InChI is InChI=1S/C13H17NO2/c1-16-13(15)12-9-14-8-7-11(12)10-5-3-2-4-6-10/h7-10H,2-6H2,1H3. The summed E-state index contributed by atoms with van der Waals surface area (Å²) in [7, 11) is 1.42. The van der Waals surface area contributed by atoms with Crippen molar-refractivity contribution in [3.05, 3.63) is 29.6 Å². The first kappa shape index (κ1) is 11.1. The number of carbonyl (C=O) groups excluding carboxylic acids is 1. The van der Waals surface area contributed by atoms with Gasteiger partial charge in [-0.1, -0.05) is 19.3 Å². The van der Waals surface area contributed by atoms with Crippen molar-refractivity contribution in [1.82, 2.24) is 4.98 Å². The Balaban J connectivity index is 2.28. The average molecular weight is 219 g/mol. The topological polar surface area (TPSA) is 39.2 Å². The summed E-state index contributed by atoms with van der Waals surface area (Å²) in [5.41, 5.74) is 1.75. The Bertz CT molecular complexity index is 370. The van der Waals surface area contributed by atoms with Gasteiger partial charge in [0.1, 0.15) is 0 Å². The number of aromatic nitrogens is 1. The van der Waals surface area contributed by atoms with Crippen LogP contribution in [-0.2, 0) is 4.74 Å². The van der Waals surface area contributed by atoms with Crippen LogP contribution in [0.2, 0.25) is 0 Å². The molecule has 16 heavy (non-hydrogen) atoms. The van der Waals surface area contributed by atoms with Crippen molar-refractivity contribution in [2.24, 2.45) is 0 Å². The van der Waals surface area contributed by atoms with Crippen LogP contribution >= 0.6 is 0 Å². The number of hydrogen-bond donors (Lipinski definition) is 0. The van der Waals surface area contributed by atoms with Crippen molar-refractivity contribution >= 4 is 5.97 Å². The largest absolute Gasteiger partial charge is 0.465 e. The highest BCUT2D eigenvalue weighted by Crippen LogP contribution is 2.34. The highest BCUT2D eigenvalue weighted by molar-refractivity contribution is 5.90. The molecule has 86 valence electrons. The predicted octanol–water partition coefficient (Wildman–Crippen LogP) is 2.92. The normalized spacial score (nSPS) is 17.1. The Morgan fingerprint density at radius 2 is 2.12 bits per heavy atom. The molecule has 2 rings (SSSR count). The fourth-order valence-corrected chi connectivity index (χ4v) is 2.46. The molecule has 0 aliphatic heterocycles. The molecular weight excluding hydrogens is 202 g/mol. The number of pyridine rings is 1. The Labute approximate surface area is 95.8 Å². The lowest BCUT2D eigenvalue weighted by atomic mass is 9.83. The van der Waals surface area contributed by atoms with Gasteiger partial charge in [0.05, 0.1) is 12.7 Å². The zero-order valence-corrected chi connectivity index (χ0v) is 9.61. The van der Waals surface area contributed by atoms with Crippen LogP contribution in [0.15, 0.2) is 18.5 Å². The van der Waals surface area contributed by atoms with Crippen LogP contribution in [0.5, 0.6) is 0 Å². The molecule has 0 atom stereocenters. The monoisotopic (exact) mass is 219 g/mol. The van der Waals surface area contributed by atoms with Crippen molar-refractivity contribution in [2.75, 3.05) is 7.11 Å². The molecule has 1 aliphatic carbocycles. The van der Waals surface area contributed by atoms with Gasteiger partial charge in [0.25, 0.3) is 0 Å². The van der Waals surface area contributed by atoms with E-state index in [1.807, 2.05) is 6.07 Å². The van der Waals surface area contributed by atoms with Gasteiger partial charge in [-0.3, -0.25) is 4.98 Å². The number of esters is 1. The molecule has 1 fully saturated rings. The van der Waals surface area contributed by atoms with Gasteiger partial charge in [-0.15, -0.1) is 0 Å². The van der Waals surface area contributed by atoms with Crippen molar-refractivity contribution in [1.29, 1.82) is 0 Å². The number of hydrogen-bond acceptors (Lipinski definition) is 3. The second-order valence-electron chi connectivity index (χ2n) is 4.29. The van der Waals surface area contributed by atoms with Crippen LogP contribution in [0, 0.1) is 0 Å². The van der Waals surface area contributed by atoms with Gasteiger partial charge in [-0.05, 0) is 30.4 Å². The number of carbonyl (C=O) groups is 1. The highest BCUT2D eigenvalue weighted by Gasteiger charge is 2.21. The van der Waals surface area contributed by atoms with Crippen LogP contribution in [0.25, 0.3) is 0 Å². The average Bonchev–Trinajstić information content (AvgIpc) is 2.39. The number of methoxy groups -OCH3 is 1. The van der Waals surface area contributed by atoms with Crippen LogP contribution < -0.4 is 0 Å². The number of ether oxygens (including phenoxy) is 1. The van der Waals surface area contributed by atoms with E-state index in [9.17, 15) is 4.79 Å². The first-order valence-corrected chi connectivity index (χ1v) is 5.85. The maximum atomic E-state index is 11.6. The molecule has 1 saturated carbocycles. The Morgan fingerprint density at radius 3 is 2.81 bits per heavy atom. The lowest BCUT2D eigenvalue weighted by Gasteiger charge is -2.23. The summed E-state index contributed by atoms with van der Waals surface area (Å²) in [6.45, 7) is 0. The molecule has 0 unspecified atom stereocenters. The SMILES string of the molecule is COC(=O)c1cnccc1C1CCCCC1. The van der Waals surface area contributed by atoms with Crippen molar-refractivity contribution in [3.8, 4) is 0 Å². The lowest BCUT2D eigenvalue weighted by Crippen LogP contribution is -2.12. The van der Waals surface area contributed by atoms with E-state index in [4.69, 9.17) is 4.74 Å². The fourth-order valence-electron chi connectivity index (χ4n) is 2.46. The summed E-state index contributed by atoms with van der Waals surface area (Å²) >= 11 is 0. The van der Waals surface area contributed by atoms with E-state index in [-0.39, 0.29) is 5.97 Å². The quantitative estimate of drug-likeness (QED) is 0.718. The lowest BCUT2D eigenvalue weighted by molar-refractivity contribution is 0.0598. The second kappa shape index (κ2) is 5.10. The third kappa shape index (κ3) is 2.23. The van der Waals surface area contributed by atoms with E-state index >= 15 is 0 Å². The first-order chi connectivity index (χ1) is 7.83. The highest BCUT2D eigenvalue weighted by atomic mass is 16.5. The molecule has 1 aromatic heterocycles. The molecule has 0 bridgehead atoms. The zero-order chi connectivity index (χ0) is 11.4. The van der Waals surface area contributed by atoms with Crippen LogP contribution in [-0.4, -0.2) is 18.1 Å². The number of rotatable bonds is 2. The summed E-state index contributed by atoms with van der Waals surface area (Å²) < 4.78 is 4.79. The van der Waals surface area contributed by atoms with E-state index < -0.39 is 0 Å². The smallest absolute Gasteiger partial charge is 0.339 e. The van der Waals surface area contributed by atoms with Gasteiger partial charge in [0.2, 0.25) is 0 Å². The minimum Gasteiger partial charge on any atom is -0.465 e. The van der Waals surface area contributed by atoms with Crippen LogP contribution in [0.4, 0.5) is 0 Å². The minimum atomic E-state index is -0.270. The first-order valence-electron chi connectivity index (χ1n) is 5.85. The summed E-state index contributed by atoms with van der Waals surface area (Å²) in [5, 5.41) is 0. The number of nitrogens with zero attached hydrogens (tertiary/aromatic N) is 1. The van der Waals surface area contributed by atoms with Crippen LogP contribution in [0.1, 0.15) is 53.9 Å². The summed E-state index contributed by atoms with van der Waals surface area (Å²) in [6.07, 6.45) is 9.56. The van der Waals surface area contributed by atoms with Gasteiger partial charge >= 0.3 is 5.97 Å². The van der Waals surface area contributed by atoms with E-state index in [2.05, 4.69) is 4.98 Å². The van der Waals surface area contributed by atoms with Gasteiger partial charge in [-0.25, -0.2) is 4.79 Å². The molecule has 0 aromatic carbocycles. The molecule has 0 radical (unpaired) electrons. The van der Waals surface area contributed by atoms with Crippen molar-refractivity contribution in [2.45, 2.75) is 38.0 Å². The molecule has 0 saturated heterocycles. The molecule has 0 amide bonds. The molecule has 0 N–H and O–H groups in total. The third-order valence-electron chi connectivity index (χ3n) is 3.31. The molecule has 3 nitrogen and oxygen atoms in total. The summed E-state index contributed by atoms with van der Waals surface area (Å²) in [5.74, 6) is 0.236. The zero-order valence-electron chi connectivity index (χ0n) is 9.61. The Hall–Kier alpha value is -1.38. The molecule has 1 aromatic rings. The van der Waals surface area contributed by atoms with Gasteiger partial charge in [0.15, 0.2) is 0 Å². The molecule has 3 heteroatoms. The predicted molar refractivity (Wildman–Crippen MR) is 61.4 cm³/mol. The molecule has 1 heterocycles. The molecule has 0 spiro atoms.